The van der Waals surface area contributed by atoms with Crippen molar-refractivity contribution in [2.45, 2.75) is 13.3 Å². The van der Waals surface area contributed by atoms with Crippen LogP contribution in [0, 0.1) is 17.1 Å². The number of nitriles is 1. The van der Waals surface area contributed by atoms with Gasteiger partial charge in [0.05, 0.1) is 5.56 Å². The molecule has 0 saturated heterocycles. The summed E-state index contributed by atoms with van der Waals surface area (Å²) in [5, 5.41) is 8.50. The van der Waals surface area contributed by atoms with Gasteiger partial charge in [-0.2, -0.15) is 5.26 Å². The zero-order valence-electron chi connectivity index (χ0n) is 7.17. The molecule has 0 heterocycles. The number of carbonyl (C=O) groups excluding carboxylic acids is 1. The van der Waals surface area contributed by atoms with Gasteiger partial charge >= 0.3 is 0 Å². The monoisotopic (exact) mass is 177 g/mol. The molecule has 0 aliphatic heterocycles. The summed E-state index contributed by atoms with van der Waals surface area (Å²) in [6.07, 6.45) is 0.245. The molecule has 0 aliphatic carbocycles. The third-order valence-electron chi connectivity index (χ3n) is 1.60. The molecule has 0 N–H and O–H groups in total. The fourth-order valence-corrected chi connectivity index (χ4v) is 1.06. The normalized spacial score (nSPS) is 9.31. The first kappa shape index (κ1) is 9.40. The van der Waals surface area contributed by atoms with Gasteiger partial charge in [0.25, 0.3) is 0 Å². The summed E-state index contributed by atoms with van der Waals surface area (Å²) in [4.78, 5) is 10.7. The van der Waals surface area contributed by atoms with E-state index in [0.29, 0.717) is 5.56 Å². The van der Waals surface area contributed by atoms with Crippen LogP contribution >= 0.6 is 0 Å². The number of hydrogen-bond acceptors (Lipinski definition) is 2. The number of benzene rings is 1. The van der Waals surface area contributed by atoms with Gasteiger partial charge in [0.15, 0.2) is 0 Å². The molecule has 0 aromatic heterocycles. The first-order valence-corrected chi connectivity index (χ1v) is 3.81. The average molecular weight is 177 g/mol. The fraction of sp³-hybridized carbons (Fsp3) is 0.200. The Morgan fingerprint density at radius 3 is 2.85 bits per heavy atom. The van der Waals surface area contributed by atoms with Crippen molar-refractivity contribution in [3.8, 4) is 6.07 Å². The molecular weight excluding hydrogens is 169 g/mol. The van der Waals surface area contributed by atoms with Crippen molar-refractivity contribution in [3.63, 3.8) is 0 Å². The lowest BCUT2D eigenvalue weighted by Gasteiger charge is -1.98. The van der Waals surface area contributed by atoms with Crippen LogP contribution in [0.2, 0.25) is 0 Å². The second kappa shape index (κ2) is 3.81. The Hall–Kier alpha value is -1.69. The Balaban J connectivity index is 3.01. The van der Waals surface area contributed by atoms with Gasteiger partial charge in [0.1, 0.15) is 17.7 Å². The van der Waals surface area contributed by atoms with E-state index < -0.39 is 5.82 Å². The third kappa shape index (κ3) is 2.38. The zero-order chi connectivity index (χ0) is 9.84. The van der Waals surface area contributed by atoms with Gasteiger partial charge < -0.3 is 0 Å². The lowest BCUT2D eigenvalue weighted by molar-refractivity contribution is -0.116. The Morgan fingerprint density at radius 2 is 2.31 bits per heavy atom. The maximum atomic E-state index is 12.8. The minimum Gasteiger partial charge on any atom is -0.300 e. The summed E-state index contributed by atoms with van der Waals surface area (Å²) in [5.74, 6) is -0.551. The van der Waals surface area contributed by atoms with E-state index in [4.69, 9.17) is 5.26 Å². The van der Waals surface area contributed by atoms with Crippen LogP contribution < -0.4 is 0 Å². The van der Waals surface area contributed by atoms with Gasteiger partial charge in [-0.1, -0.05) is 6.07 Å². The van der Waals surface area contributed by atoms with Crippen molar-refractivity contribution >= 4 is 5.78 Å². The average Bonchev–Trinajstić information content (AvgIpc) is 2.07. The van der Waals surface area contributed by atoms with E-state index in [1.807, 2.05) is 0 Å². The summed E-state index contributed by atoms with van der Waals surface area (Å²) in [5.41, 5.74) is 0.657. The molecule has 1 aromatic rings. The summed E-state index contributed by atoms with van der Waals surface area (Å²) in [7, 11) is 0. The standard InChI is InChI=1S/C10H8FNO/c1-7(13)4-8-2-3-10(11)9(5-8)6-12/h2-3,5H,4H2,1H3. The number of halogens is 1. The highest BCUT2D eigenvalue weighted by molar-refractivity contribution is 5.78. The molecule has 13 heavy (non-hydrogen) atoms. The minimum absolute atomic E-state index is 0.00417. The van der Waals surface area contributed by atoms with E-state index in [1.54, 1.807) is 6.07 Å². The first-order chi connectivity index (χ1) is 6.13. The van der Waals surface area contributed by atoms with Crippen molar-refractivity contribution in [2.75, 3.05) is 0 Å². The van der Waals surface area contributed by atoms with E-state index in [1.165, 1.54) is 25.1 Å². The van der Waals surface area contributed by atoms with E-state index in [-0.39, 0.29) is 17.8 Å². The van der Waals surface area contributed by atoms with E-state index >= 15 is 0 Å². The molecule has 0 spiro atoms. The second-order valence-corrected chi connectivity index (χ2v) is 2.80. The number of ketones is 1. The molecule has 0 atom stereocenters. The number of hydrogen-bond donors (Lipinski definition) is 0. The molecule has 1 aromatic carbocycles. The number of Topliss-reactive ketones (excluding diaryl/α,β-unsaturated/α-hetero) is 1. The fourth-order valence-electron chi connectivity index (χ4n) is 1.06. The maximum Gasteiger partial charge on any atom is 0.140 e. The Labute approximate surface area is 75.6 Å². The van der Waals surface area contributed by atoms with Crippen LogP contribution in [-0.2, 0) is 11.2 Å². The van der Waals surface area contributed by atoms with Crippen molar-refractivity contribution in [3.05, 3.63) is 35.1 Å². The summed E-state index contributed by atoms with van der Waals surface area (Å²) < 4.78 is 12.8. The lowest BCUT2D eigenvalue weighted by atomic mass is 10.1. The number of nitrogens with zero attached hydrogens (tertiary/aromatic N) is 1. The zero-order valence-corrected chi connectivity index (χ0v) is 7.17. The highest BCUT2D eigenvalue weighted by Gasteiger charge is 2.03. The molecule has 0 saturated carbocycles. The van der Waals surface area contributed by atoms with Crippen molar-refractivity contribution in [1.29, 1.82) is 5.26 Å². The first-order valence-electron chi connectivity index (χ1n) is 3.81. The van der Waals surface area contributed by atoms with Gasteiger partial charge in [0, 0.05) is 6.42 Å². The van der Waals surface area contributed by atoms with Crippen LogP contribution in [0.3, 0.4) is 0 Å². The van der Waals surface area contributed by atoms with E-state index in [9.17, 15) is 9.18 Å². The largest absolute Gasteiger partial charge is 0.300 e. The Bertz CT molecular complexity index is 379. The number of carbonyl (C=O) groups is 1. The van der Waals surface area contributed by atoms with Crippen molar-refractivity contribution in [2.24, 2.45) is 0 Å². The van der Waals surface area contributed by atoms with Gasteiger partial charge in [0.2, 0.25) is 0 Å². The van der Waals surface area contributed by atoms with Gasteiger partial charge in [-0.15, -0.1) is 0 Å². The minimum atomic E-state index is -0.546. The highest BCUT2D eigenvalue weighted by atomic mass is 19.1. The summed E-state index contributed by atoms with van der Waals surface area (Å²) >= 11 is 0. The lowest BCUT2D eigenvalue weighted by Crippen LogP contribution is -1.97. The van der Waals surface area contributed by atoms with Crippen LogP contribution in [-0.4, -0.2) is 5.78 Å². The van der Waals surface area contributed by atoms with Crippen LogP contribution in [0.1, 0.15) is 18.1 Å². The van der Waals surface area contributed by atoms with Crippen molar-refractivity contribution in [1.82, 2.24) is 0 Å². The van der Waals surface area contributed by atoms with Crippen molar-refractivity contribution < 1.29 is 9.18 Å². The topological polar surface area (TPSA) is 40.9 Å². The molecular formula is C10H8FNO. The molecule has 0 unspecified atom stereocenters. The summed E-state index contributed by atoms with van der Waals surface area (Å²) in [6, 6.07) is 5.84. The van der Waals surface area contributed by atoms with Gasteiger partial charge in [-0.05, 0) is 24.6 Å². The van der Waals surface area contributed by atoms with Crippen LogP contribution in [0.15, 0.2) is 18.2 Å². The predicted molar refractivity (Wildman–Crippen MR) is 45.5 cm³/mol. The van der Waals surface area contributed by atoms with Gasteiger partial charge in [-0.25, -0.2) is 4.39 Å². The molecule has 0 aliphatic rings. The van der Waals surface area contributed by atoms with Crippen LogP contribution in [0.4, 0.5) is 4.39 Å². The predicted octanol–water partition coefficient (Wildman–Crippen LogP) is 1.83. The second-order valence-electron chi connectivity index (χ2n) is 2.80. The molecule has 0 radical (unpaired) electrons. The van der Waals surface area contributed by atoms with Crippen LogP contribution in [0.25, 0.3) is 0 Å². The maximum absolute atomic E-state index is 12.8. The third-order valence-corrected chi connectivity index (χ3v) is 1.60. The molecule has 0 fully saturated rings. The molecule has 0 amide bonds. The SMILES string of the molecule is CC(=O)Cc1ccc(F)c(C#N)c1. The number of rotatable bonds is 2. The quantitative estimate of drug-likeness (QED) is 0.691. The highest BCUT2D eigenvalue weighted by Crippen LogP contribution is 2.10. The molecule has 3 heteroatoms. The summed E-state index contributed by atoms with van der Waals surface area (Å²) in [6.45, 7) is 1.45. The van der Waals surface area contributed by atoms with E-state index in [2.05, 4.69) is 0 Å². The Kier molecular flexibility index (Phi) is 2.76. The molecule has 1 rings (SSSR count). The smallest absolute Gasteiger partial charge is 0.140 e. The molecule has 2 nitrogen and oxygen atoms in total. The Morgan fingerprint density at radius 1 is 1.62 bits per heavy atom. The molecule has 0 bridgehead atoms. The van der Waals surface area contributed by atoms with Gasteiger partial charge in [-0.3, -0.25) is 4.79 Å². The van der Waals surface area contributed by atoms with E-state index in [0.717, 1.165) is 0 Å². The van der Waals surface area contributed by atoms with Crippen LogP contribution in [0.5, 0.6) is 0 Å². The molecule has 66 valence electrons.